The topological polar surface area (TPSA) is 80.7 Å². The summed E-state index contributed by atoms with van der Waals surface area (Å²) in [5.74, 6) is -1.71. The Morgan fingerprint density at radius 2 is 1.71 bits per heavy atom. The zero-order chi connectivity index (χ0) is 29.2. The molecule has 0 amide bonds. The number of aliphatic hydroxyl groups excluding tert-OH is 1. The Bertz CT molecular complexity index is 1470. The molecular formula is C34H35FO5S. The summed E-state index contributed by atoms with van der Waals surface area (Å²) in [5.41, 5.74) is -2.56. The summed E-state index contributed by atoms with van der Waals surface area (Å²) >= 11 is 4.23. The van der Waals surface area contributed by atoms with Crippen LogP contribution < -0.4 is 0 Å². The number of carbonyl (C=O) groups is 3. The molecule has 2 aromatic carbocycles. The van der Waals surface area contributed by atoms with E-state index < -0.39 is 45.2 Å². The molecule has 0 aliphatic heterocycles. The van der Waals surface area contributed by atoms with Crippen LogP contribution in [0, 0.1) is 22.7 Å². The van der Waals surface area contributed by atoms with E-state index >= 15 is 4.39 Å². The van der Waals surface area contributed by atoms with Crippen molar-refractivity contribution < 1.29 is 28.6 Å². The van der Waals surface area contributed by atoms with Gasteiger partial charge in [-0.15, -0.1) is 12.6 Å². The predicted octanol–water partition coefficient (Wildman–Crippen LogP) is 6.00. The van der Waals surface area contributed by atoms with Crippen molar-refractivity contribution in [1.29, 1.82) is 0 Å². The number of allylic oxidation sites excluding steroid dienone is 4. The van der Waals surface area contributed by atoms with Crippen molar-refractivity contribution in [3.8, 4) is 0 Å². The minimum Gasteiger partial charge on any atom is -0.446 e. The molecule has 3 saturated carbocycles. The van der Waals surface area contributed by atoms with E-state index in [1.807, 2.05) is 49.4 Å². The minimum atomic E-state index is -2.02. The molecule has 7 atom stereocenters. The Kier molecular flexibility index (Phi) is 6.70. The highest BCUT2D eigenvalue weighted by atomic mass is 32.1. The molecule has 7 heteroatoms. The van der Waals surface area contributed by atoms with Gasteiger partial charge in [-0.2, -0.15) is 0 Å². The highest BCUT2D eigenvalue weighted by molar-refractivity contribution is 7.96. The number of aliphatic hydroxyl groups is 1. The number of hydrogen-bond donors (Lipinski definition) is 2. The molecule has 0 spiro atoms. The lowest BCUT2D eigenvalue weighted by Crippen LogP contribution is -2.69. The van der Waals surface area contributed by atoms with Crippen molar-refractivity contribution in [1.82, 2.24) is 0 Å². The SMILES string of the molecule is C[C@]12C=CC(=O)C=C1CC[C@H]1[C@@H]3CC[C@](OC(=O)c4ccc(Cc5ccccc5)cc4)(C(=O)S)[C@@]3(C)C[C@H](O)[C@@]12F. The summed E-state index contributed by atoms with van der Waals surface area (Å²) in [6.07, 6.45) is 5.36. The first-order chi connectivity index (χ1) is 19.4. The molecule has 0 aromatic heterocycles. The van der Waals surface area contributed by atoms with Crippen LogP contribution >= 0.6 is 12.6 Å². The van der Waals surface area contributed by atoms with Gasteiger partial charge >= 0.3 is 5.97 Å². The van der Waals surface area contributed by atoms with Crippen LogP contribution in [-0.4, -0.2) is 39.3 Å². The number of esters is 1. The van der Waals surface area contributed by atoms with Gasteiger partial charge in [0.1, 0.15) is 0 Å². The summed E-state index contributed by atoms with van der Waals surface area (Å²) in [7, 11) is 0. The smallest absolute Gasteiger partial charge is 0.339 e. The number of carbonyl (C=O) groups excluding carboxylic acids is 3. The highest BCUT2D eigenvalue weighted by Crippen LogP contribution is 2.70. The van der Waals surface area contributed by atoms with Crippen LogP contribution in [0.4, 0.5) is 4.39 Å². The Hall–Kier alpha value is -3.03. The Morgan fingerprint density at radius 3 is 2.39 bits per heavy atom. The lowest BCUT2D eigenvalue weighted by Gasteiger charge is -2.62. The highest BCUT2D eigenvalue weighted by Gasteiger charge is 2.75. The van der Waals surface area contributed by atoms with E-state index in [2.05, 4.69) is 12.6 Å². The zero-order valence-electron chi connectivity index (χ0n) is 23.3. The number of benzene rings is 2. The average Bonchev–Trinajstić information content (AvgIpc) is 3.23. The van der Waals surface area contributed by atoms with Gasteiger partial charge in [0.25, 0.3) is 0 Å². The van der Waals surface area contributed by atoms with E-state index in [-0.39, 0.29) is 24.5 Å². The van der Waals surface area contributed by atoms with Crippen LogP contribution in [0.15, 0.2) is 78.4 Å². The molecule has 4 aliphatic carbocycles. The first-order valence-corrected chi connectivity index (χ1v) is 14.8. The second-order valence-electron chi connectivity index (χ2n) is 12.7. The number of ketones is 1. The van der Waals surface area contributed by atoms with Crippen molar-refractivity contribution in [3.05, 3.63) is 95.1 Å². The number of thiol groups is 1. The molecular weight excluding hydrogens is 539 g/mol. The molecule has 6 rings (SSSR count). The summed E-state index contributed by atoms with van der Waals surface area (Å²) in [5, 5.41) is 11.0. The summed E-state index contributed by atoms with van der Waals surface area (Å²) < 4.78 is 23.5. The molecule has 0 radical (unpaired) electrons. The Balaban J connectivity index is 1.29. The van der Waals surface area contributed by atoms with Crippen LogP contribution in [0.2, 0.25) is 0 Å². The van der Waals surface area contributed by atoms with Crippen LogP contribution in [0.1, 0.15) is 67.4 Å². The third-order valence-electron chi connectivity index (χ3n) is 10.8. The number of halogens is 1. The van der Waals surface area contributed by atoms with Gasteiger partial charge in [0, 0.05) is 16.7 Å². The molecule has 214 valence electrons. The molecule has 0 saturated heterocycles. The molecule has 0 heterocycles. The molecule has 1 N–H and O–H groups in total. The van der Waals surface area contributed by atoms with Crippen LogP contribution in [0.25, 0.3) is 0 Å². The Labute approximate surface area is 245 Å². The first kappa shape index (κ1) is 28.1. The van der Waals surface area contributed by atoms with Gasteiger partial charge in [-0.25, -0.2) is 9.18 Å². The van der Waals surface area contributed by atoms with E-state index in [1.165, 1.54) is 12.2 Å². The maximum Gasteiger partial charge on any atom is 0.339 e. The van der Waals surface area contributed by atoms with E-state index in [1.54, 1.807) is 25.1 Å². The third-order valence-corrected chi connectivity index (χ3v) is 11.2. The maximum atomic E-state index is 17.4. The predicted molar refractivity (Wildman–Crippen MR) is 156 cm³/mol. The maximum absolute atomic E-state index is 17.4. The number of fused-ring (bicyclic) bond motifs is 5. The van der Waals surface area contributed by atoms with Crippen molar-refractivity contribution in [2.45, 2.75) is 69.7 Å². The molecule has 4 aliphatic rings. The molecule has 0 bridgehead atoms. The number of rotatable bonds is 5. The van der Waals surface area contributed by atoms with Crippen molar-refractivity contribution in [2.24, 2.45) is 22.7 Å². The quantitative estimate of drug-likeness (QED) is 0.338. The third kappa shape index (κ3) is 4.03. The van der Waals surface area contributed by atoms with Gasteiger partial charge < -0.3 is 9.84 Å². The number of alkyl halides is 1. The van der Waals surface area contributed by atoms with Gasteiger partial charge in [-0.3, -0.25) is 9.59 Å². The first-order valence-electron chi connectivity index (χ1n) is 14.4. The Morgan fingerprint density at radius 1 is 1.02 bits per heavy atom. The van der Waals surface area contributed by atoms with E-state index in [0.29, 0.717) is 30.4 Å². The largest absolute Gasteiger partial charge is 0.446 e. The lowest BCUT2D eigenvalue weighted by molar-refractivity contribution is -0.214. The second kappa shape index (κ2) is 9.77. The molecule has 41 heavy (non-hydrogen) atoms. The number of ether oxygens (including phenoxy) is 1. The van der Waals surface area contributed by atoms with E-state index in [9.17, 15) is 19.5 Å². The van der Waals surface area contributed by atoms with Gasteiger partial charge in [-0.05, 0) is 86.8 Å². The fourth-order valence-electron chi connectivity index (χ4n) is 8.57. The fourth-order valence-corrected chi connectivity index (χ4v) is 8.98. The molecule has 5 nitrogen and oxygen atoms in total. The summed E-state index contributed by atoms with van der Waals surface area (Å²) in [6.45, 7) is 3.60. The van der Waals surface area contributed by atoms with Crippen molar-refractivity contribution >= 4 is 29.5 Å². The van der Waals surface area contributed by atoms with Gasteiger partial charge in [0.15, 0.2) is 17.1 Å². The van der Waals surface area contributed by atoms with Crippen molar-refractivity contribution in [2.75, 3.05) is 0 Å². The van der Waals surface area contributed by atoms with E-state index in [0.717, 1.165) is 17.5 Å². The van der Waals surface area contributed by atoms with Crippen molar-refractivity contribution in [3.63, 3.8) is 0 Å². The van der Waals surface area contributed by atoms with Crippen LogP contribution in [0.3, 0.4) is 0 Å². The van der Waals surface area contributed by atoms with Gasteiger partial charge in [0.2, 0.25) is 5.12 Å². The average molecular weight is 575 g/mol. The van der Waals surface area contributed by atoms with Gasteiger partial charge in [0.05, 0.1) is 11.7 Å². The van der Waals surface area contributed by atoms with E-state index in [4.69, 9.17) is 4.74 Å². The molecule has 2 aromatic rings. The van der Waals surface area contributed by atoms with Crippen LogP contribution in [-0.2, 0) is 20.7 Å². The normalized spacial score (nSPS) is 37.4. The standard InChI is InChI=1S/C34H35FO5S/c1-31-16-14-25(36)19-24(31)12-13-27-26-15-17-33(30(39)41,32(26,2)20-28(37)34(27,31)35)40-29(38)23-10-8-22(9-11-23)18-21-6-4-3-5-7-21/h3-11,14,16,19,26-28,37H,12-13,15,17-18,20H2,1-2H3,(H,39,41)/t26-,27-,28-,31-,32-,33-,34-/m0/s1. The zero-order valence-corrected chi connectivity index (χ0v) is 24.2. The number of hydrogen-bond acceptors (Lipinski definition) is 5. The summed E-state index contributed by atoms with van der Waals surface area (Å²) in [6, 6.07) is 17.1. The minimum absolute atomic E-state index is 0.0646. The molecule has 0 unspecified atom stereocenters. The second-order valence-corrected chi connectivity index (χ2v) is 13.1. The fraction of sp³-hybridized carbons (Fsp3) is 0.441. The molecule has 3 fully saturated rings. The summed E-state index contributed by atoms with van der Waals surface area (Å²) in [4.78, 5) is 38.9. The van der Waals surface area contributed by atoms with Crippen LogP contribution in [0.5, 0.6) is 0 Å². The monoisotopic (exact) mass is 574 g/mol. The van der Waals surface area contributed by atoms with Gasteiger partial charge in [-0.1, -0.05) is 61.0 Å². The lowest BCUT2D eigenvalue weighted by atomic mass is 9.45.